The molecular weight excluding hydrogens is 244 g/mol. The second kappa shape index (κ2) is 8.23. The Kier molecular flexibility index (Phi) is 6.75. The number of thioether (sulfide) groups is 1. The highest BCUT2D eigenvalue weighted by molar-refractivity contribution is 7.99. The molecule has 0 aliphatic heterocycles. The van der Waals surface area contributed by atoms with E-state index in [1.54, 1.807) is 37.4 Å². The first-order valence-electron chi connectivity index (χ1n) is 4.81. The van der Waals surface area contributed by atoms with E-state index in [4.69, 9.17) is 0 Å². The zero-order valence-electron chi connectivity index (χ0n) is 8.97. The first-order valence-corrected chi connectivity index (χ1v) is 6.78. The maximum atomic E-state index is 10.8. The van der Waals surface area contributed by atoms with Crippen molar-refractivity contribution in [3.8, 4) is 0 Å². The van der Waals surface area contributed by atoms with Gasteiger partial charge in [-0.1, -0.05) is 0 Å². The molecule has 0 saturated carbocycles. The van der Waals surface area contributed by atoms with Crippen molar-refractivity contribution in [1.29, 1.82) is 0 Å². The van der Waals surface area contributed by atoms with Crippen LogP contribution >= 0.6 is 23.7 Å². The van der Waals surface area contributed by atoms with E-state index in [-0.39, 0.29) is 6.03 Å². The van der Waals surface area contributed by atoms with Gasteiger partial charge < -0.3 is 5.32 Å². The molecule has 0 radical (unpaired) electrons. The van der Waals surface area contributed by atoms with E-state index in [1.165, 1.54) is 11.9 Å². The van der Waals surface area contributed by atoms with E-state index in [0.717, 1.165) is 23.0 Å². The molecule has 1 aromatic heterocycles. The van der Waals surface area contributed by atoms with Crippen molar-refractivity contribution >= 4 is 29.7 Å². The van der Waals surface area contributed by atoms with Crippen molar-refractivity contribution in [2.75, 3.05) is 18.6 Å². The molecule has 1 rings (SSSR count). The second-order valence-electron chi connectivity index (χ2n) is 2.78. The van der Waals surface area contributed by atoms with Crippen LogP contribution in [0.15, 0.2) is 23.6 Å². The minimum Gasteiger partial charge on any atom is -0.341 e. The number of carbonyl (C=O) groups excluding carboxylic acids is 1. The Bertz CT molecular complexity index is 310. The summed E-state index contributed by atoms with van der Waals surface area (Å²) in [6.45, 7) is 0. The number of rotatable bonds is 6. The summed E-state index contributed by atoms with van der Waals surface area (Å²) in [6.07, 6.45) is 6.11. The molecular formula is C9H14N4OS2. The van der Waals surface area contributed by atoms with Crippen molar-refractivity contribution in [2.45, 2.75) is 11.4 Å². The van der Waals surface area contributed by atoms with Gasteiger partial charge in [-0.05, 0) is 18.4 Å². The Balaban J connectivity index is 1.98. The summed E-state index contributed by atoms with van der Waals surface area (Å²) in [4.78, 5) is 18.9. The Labute approximate surface area is 103 Å². The van der Waals surface area contributed by atoms with Gasteiger partial charge in [-0.2, -0.15) is 0 Å². The van der Waals surface area contributed by atoms with Crippen molar-refractivity contribution in [2.24, 2.45) is 0 Å². The highest BCUT2D eigenvalue weighted by Gasteiger charge is 1.97. The summed E-state index contributed by atoms with van der Waals surface area (Å²) in [5, 5.41) is 3.42. The fourth-order valence-electron chi connectivity index (χ4n) is 0.835. The van der Waals surface area contributed by atoms with Gasteiger partial charge in [0.1, 0.15) is 5.03 Å². The summed E-state index contributed by atoms with van der Waals surface area (Å²) >= 11 is 3.08. The largest absolute Gasteiger partial charge is 0.341 e. The first kappa shape index (κ1) is 13.1. The number of nitrogens with zero attached hydrogens (tertiary/aromatic N) is 2. The number of hydrogen-bond acceptors (Lipinski definition) is 5. The number of amides is 2. The monoisotopic (exact) mass is 258 g/mol. The highest BCUT2D eigenvalue weighted by atomic mass is 32.2. The molecule has 0 atom stereocenters. The van der Waals surface area contributed by atoms with Crippen LogP contribution in [0.5, 0.6) is 0 Å². The van der Waals surface area contributed by atoms with Gasteiger partial charge in [-0.15, -0.1) is 11.8 Å². The summed E-state index contributed by atoms with van der Waals surface area (Å²) < 4.78 is 2.66. The smallest absolute Gasteiger partial charge is 0.324 e. The molecule has 0 aromatic carbocycles. The van der Waals surface area contributed by atoms with Gasteiger partial charge >= 0.3 is 6.03 Å². The van der Waals surface area contributed by atoms with Crippen LogP contribution in [0, 0.1) is 0 Å². The summed E-state index contributed by atoms with van der Waals surface area (Å²) in [6, 6.07) is -0.161. The third-order valence-electron chi connectivity index (χ3n) is 1.57. The Hall–Kier alpha value is -0.950. The SMILES string of the molecule is CNC(=O)NSCCCSc1cnccn1. The Morgan fingerprint density at radius 3 is 3.00 bits per heavy atom. The predicted molar refractivity (Wildman–Crippen MR) is 67.4 cm³/mol. The van der Waals surface area contributed by atoms with Gasteiger partial charge in [0.05, 0.1) is 6.20 Å². The van der Waals surface area contributed by atoms with E-state index in [9.17, 15) is 4.79 Å². The Morgan fingerprint density at radius 2 is 2.31 bits per heavy atom. The summed E-state index contributed by atoms with van der Waals surface area (Å²) in [5.74, 6) is 1.86. The van der Waals surface area contributed by atoms with Gasteiger partial charge in [0.2, 0.25) is 0 Å². The van der Waals surface area contributed by atoms with Gasteiger partial charge in [-0.3, -0.25) is 9.71 Å². The molecule has 16 heavy (non-hydrogen) atoms. The van der Waals surface area contributed by atoms with Crippen LogP contribution in [0.1, 0.15) is 6.42 Å². The molecule has 0 saturated heterocycles. The van der Waals surface area contributed by atoms with E-state index in [2.05, 4.69) is 20.0 Å². The minimum absolute atomic E-state index is 0.161. The molecule has 0 fully saturated rings. The molecule has 2 N–H and O–H groups in total. The molecule has 1 aromatic rings. The summed E-state index contributed by atoms with van der Waals surface area (Å²) in [7, 11) is 1.60. The predicted octanol–water partition coefficient (Wildman–Crippen LogP) is 1.54. The van der Waals surface area contributed by atoms with Crippen LogP contribution in [-0.2, 0) is 0 Å². The number of urea groups is 1. The molecule has 2 amide bonds. The lowest BCUT2D eigenvalue weighted by atomic mass is 10.6. The summed E-state index contributed by atoms with van der Waals surface area (Å²) in [5.41, 5.74) is 0. The molecule has 0 spiro atoms. The number of hydrogen-bond donors (Lipinski definition) is 2. The molecule has 7 heteroatoms. The van der Waals surface area contributed by atoms with Crippen molar-refractivity contribution in [3.05, 3.63) is 18.6 Å². The van der Waals surface area contributed by atoms with E-state index < -0.39 is 0 Å². The van der Waals surface area contributed by atoms with Gasteiger partial charge in [-0.25, -0.2) is 9.78 Å². The highest BCUT2D eigenvalue weighted by Crippen LogP contribution is 2.14. The third kappa shape index (κ3) is 5.82. The minimum atomic E-state index is -0.161. The molecule has 0 aliphatic carbocycles. The Morgan fingerprint density at radius 1 is 1.44 bits per heavy atom. The first-order chi connectivity index (χ1) is 7.83. The van der Waals surface area contributed by atoms with Crippen molar-refractivity contribution in [1.82, 2.24) is 20.0 Å². The molecule has 1 heterocycles. The van der Waals surface area contributed by atoms with Gasteiger partial charge in [0, 0.05) is 30.9 Å². The standard InChI is InChI=1S/C9H14N4OS2/c1-10-9(14)13-16-6-2-5-15-8-7-11-3-4-12-8/h3-4,7H,2,5-6H2,1H3,(H2,10,13,14). The lowest BCUT2D eigenvalue weighted by Gasteiger charge is -2.02. The van der Waals surface area contributed by atoms with Gasteiger partial charge in [0.25, 0.3) is 0 Å². The quantitative estimate of drug-likeness (QED) is 0.460. The van der Waals surface area contributed by atoms with E-state index in [0.29, 0.717) is 0 Å². The molecule has 0 aliphatic rings. The van der Waals surface area contributed by atoms with Crippen molar-refractivity contribution < 1.29 is 4.79 Å². The van der Waals surface area contributed by atoms with Crippen LogP contribution in [0.4, 0.5) is 4.79 Å². The number of aromatic nitrogens is 2. The topological polar surface area (TPSA) is 66.9 Å². The number of nitrogens with one attached hydrogen (secondary N) is 2. The zero-order chi connectivity index (χ0) is 11.6. The lowest BCUT2D eigenvalue weighted by Crippen LogP contribution is -2.27. The zero-order valence-corrected chi connectivity index (χ0v) is 10.6. The molecule has 0 unspecified atom stereocenters. The van der Waals surface area contributed by atoms with Crippen molar-refractivity contribution in [3.63, 3.8) is 0 Å². The third-order valence-corrected chi connectivity index (χ3v) is 3.39. The lowest BCUT2D eigenvalue weighted by molar-refractivity contribution is 0.248. The van der Waals surface area contributed by atoms with E-state index >= 15 is 0 Å². The molecule has 5 nitrogen and oxygen atoms in total. The van der Waals surface area contributed by atoms with Crippen LogP contribution < -0.4 is 10.0 Å². The fraction of sp³-hybridized carbons (Fsp3) is 0.444. The molecule has 88 valence electrons. The molecule has 0 bridgehead atoms. The van der Waals surface area contributed by atoms with Gasteiger partial charge in [0.15, 0.2) is 0 Å². The normalized spacial score (nSPS) is 9.81. The maximum absolute atomic E-state index is 10.8. The average Bonchev–Trinajstić information content (AvgIpc) is 2.34. The maximum Gasteiger partial charge on any atom is 0.324 e. The number of carbonyl (C=O) groups is 1. The van der Waals surface area contributed by atoms with Crippen LogP contribution in [-0.4, -0.2) is 34.6 Å². The van der Waals surface area contributed by atoms with Crippen LogP contribution in [0.3, 0.4) is 0 Å². The average molecular weight is 258 g/mol. The van der Waals surface area contributed by atoms with Crippen LogP contribution in [0.25, 0.3) is 0 Å². The van der Waals surface area contributed by atoms with Crippen LogP contribution in [0.2, 0.25) is 0 Å². The van der Waals surface area contributed by atoms with E-state index in [1.807, 2.05) is 0 Å². The fourth-order valence-corrected chi connectivity index (χ4v) is 2.41. The second-order valence-corrected chi connectivity index (χ2v) is 4.79.